The first-order valence-corrected chi connectivity index (χ1v) is 6.41. The number of hydrogen-bond acceptors (Lipinski definition) is 3. The van der Waals surface area contributed by atoms with Crippen molar-refractivity contribution in [1.29, 1.82) is 0 Å². The molecule has 0 spiro atoms. The summed E-state index contributed by atoms with van der Waals surface area (Å²) in [6.07, 6.45) is 1.52. The standard InChI is InChI=1S/C10H9ClIN3O/c1-5-8(12)9-13-6(10(16)2-3-10)4-7(11)15(9)14-5/h4,16H,2-3H2,1H3. The molecule has 0 amide bonds. The number of halogens is 2. The van der Waals surface area contributed by atoms with Crippen molar-refractivity contribution in [2.24, 2.45) is 0 Å². The molecular formula is C10H9ClIN3O. The van der Waals surface area contributed by atoms with E-state index in [0.29, 0.717) is 10.8 Å². The zero-order chi connectivity index (χ0) is 11.5. The second kappa shape index (κ2) is 3.30. The van der Waals surface area contributed by atoms with Gasteiger partial charge < -0.3 is 5.11 Å². The molecule has 1 N–H and O–H groups in total. The summed E-state index contributed by atoms with van der Waals surface area (Å²) in [5.41, 5.74) is 1.52. The molecule has 0 saturated heterocycles. The maximum atomic E-state index is 10.0. The molecule has 16 heavy (non-hydrogen) atoms. The molecule has 4 nitrogen and oxygen atoms in total. The van der Waals surface area contributed by atoms with Gasteiger partial charge in [0, 0.05) is 6.07 Å². The lowest BCUT2D eigenvalue weighted by Gasteiger charge is -2.08. The Kier molecular flexibility index (Phi) is 2.22. The maximum absolute atomic E-state index is 10.0. The van der Waals surface area contributed by atoms with Crippen molar-refractivity contribution in [3.63, 3.8) is 0 Å². The van der Waals surface area contributed by atoms with Gasteiger partial charge in [0.25, 0.3) is 0 Å². The first kappa shape index (κ1) is 10.7. The summed E-state index contributed by atoms with van der Waals surface area (Å²) in [6.45, 7) is 1.91. The highest BCUT2D eigenvalue weighted by atomic mass is 127. The first-order valence-electron chi connectivity index (χ1n) is 4.95. The van der Waals surface area contributed by atoms with Gasteiger partial charge in [-0.3, -0.25) is 0 Å². The van der Waals surface area contributed by atoms with E-state index in [4.69, 9.17) is 11.6 Å². The molecular weight excluding hydrogens is 340 g/mol. The van der Waals surface area contributed by atoms with Gasteiger partial charge in [-0.2, -0.15) is 5.10 Å². The third kappa shape index (κ3) is 1.45. The predicted molar refractivity (Wildman–Crippen MR) is 68.6 cm³/mol. The molecule has 3 rings (SSSR count). The predicted octanol–water partition coefficient (Wildman–Crippen LogP) is 2.28. The van der Waals surface area contributed by atoms with Gasteiger partial charge in [0.2, 0.25) is 0 Å². The summed E-state index contributed by atoms with van der Waals surface area (Å²) in [7, 11) is 0. The highest BCUT2D eigenvalue weighted by Gasteiger charge is 2.44. The van der Waals surface area contributed by atoms with Crippen molar-refractivity contribution in [2.75, 3.05) is 0 Å². The molecule has 0 unspecified atom stereocenters. The summed E-state index contributed by atoms with van der Waals surface area (Å²) in [5, 5.41) is 14.8. The van der Waals surface area contributed by atoms with Crippen molar-refractivity contribution in [3.8, 4) is 0 Å². The van der Waals surface area contributed by atoms with E-state index in [1.807, 2.05) is 6.92 Å². The van der Waals surface area contributed by atoms with Crippen LogP contribution in [0.1, 0.15) is 24.2 Å². The van der Waals surface area contributed by atoms with Crippen molar-refractivity contribution < 1.29 is 5.11 Å². The van der Waals surface area contributed by atoms with Crippen molar-refractivity contribution in [1.82, 2.24) is 14.6 Å². The van der Waals surface area contributed by atoms with Crippen molar-refractivity contribution >= 4 is 39.8 Å². The monoisotopic (exact) mass is 349 g/mol. The van der Waals surface area contributed by atoms with E-state index in [2.05, 4.69) is 32.7 Å². The molecule has 84 valence electrons. The third-order valence-electron chi connectivity index (χ3n) is 2.85. The number of rotatable bonds is 1. The van der Waals surface area contributed by atoms with E-state index in [1.165, 1.54) is 0 Å². The Morgan fingerprint density at radius 1 is 1.56 bits per heavy atom. The second-order valence-electron chi connectivity index (χ2n) is 4.13. The SMILES string of the molecule is Cc1nn2c(Cl)cc(C3(O)CC3)nc2c1I. The third-order valence-corrected chi connectivity index (χ3v) is 4.38. The molecule has 1 aliphatic carbocycles. The fourth-order valence-corrected chi connectivity index (χ4v) is 2.35. The van der Waals surface area contributed by atoms with Gasteiger partial charge in [0.15, 0.2) is 5.65 Å². The van der Waals surface area contributed by atoms with Gasteiger partial charge in [-0.05, 0) is 42.4 Å². The molecule has 1 fully saturated rings. The normalized spacial score (nSPS) is 18.0. The Morgan fingerprint density at radius 3 is 2.88 bits per heavy atom. The molecule has 0 radical (unpaired) electrons. The summed E-state index contributed by atoms with van der Waals surface area (Å²) in [4.78, 5) is 4.45. The molecule has 6 heteroatoms. The summed E-state index contributed by atoms with van der Waals surface area (Å²) >= 11 is 8.32. The van der Waals surface area contributed by atoms with Crippen LogP contribution in [-0.4, -0.2) is 19.7 Å². The Balaban J connectivity index is 2.32. The number of hydrogen-bond donors (Lipinski definition) is 1. The number of aryl methyl sites for hydroxylation is 1. The van der Waals surface area contributed by atoms with E-state index in [9.17, 15) is 5.11 Å². The van der Waals surface area contributed by atoms with E-state index >= 15 is 0 Å². The average Bonchev–Trinajstić information content (AvgIpc) is 2.92. The van der Waals surface area contributed by atoms with E-state index in [0.717, 1.165) is 27.8 Å². The van der Waals surface area contributed by atoms with Gasteiger partial charge >= 0.3 is 0 Å². The average molecular weight is 350 g/mol. The summed E-state index contributed by atoms with van der Waals surface area (Å²) in [5.74, 6) is 0. The zero-order valence-electron chi connectivity index (χ0n) is 8.54. The summed E-state index contributed by atoms with van der Waals surface area (Å²) in [6, 6.07) is 1.70. The Bertz CT molecular complexity index is 591. The molecule has 1 saturated carbocycles. The minimum Gasteiger partial charge on any atom is -0.384 e. The van der Waals surface area contributed by atoms with Crippen molar-refractivity contribution in [3.05, 3.63) is 26.2 Å². The first-order chi connectivity index (χ1) is 7.51. The van der Waals surface area contributed by atoms with Crippen molar-refractivity contribution in [2.45, 2.75) is 25.4 Å². The molecule has 0 aromatic carbocycles. The van der Waals surface area contributed by atoms with Gasteiger partial charge in [-0.1, -0.05) is 11.6 Å². The van der Waals surface area contributed by atoms with Gasteiger partial charge in [-0.15, -0.1) is 0 Å². The lowest BCUT2D eigenvalue weighted by molar-refractivity contribution is 0.146. The fraction of sp³-hybridized carbons (Fsp3) is 0.400. The number of aromatic nitrogens is 3. The smallest absolute Gasteiger partial charge is 0.170 e. The molecule has 0 bridgehead atoms. The maximum Gasteiger partial charge on any atom is 0.170 e. The van der Waals surface area contributed by atoms with Gasteiger partial charge in [-0.25, -0.2) is 9.50 Å². The van der Waals surface area contributed by atoms with E-state index in [1.54, 1.807) is 10.6 Å². The Hall–Kier alpha value is -0.400. The second-order valence-corrected chi connectivity index (χ2v) is 5.60. The molecule has 2 aromatic rings. The van der Waals surface area contributed by atoms with Gasteiger partial charge in [0.1, 0.15) is 10.8 Å². The largest absolute Gasteiger partial charge is 0.384 e. The summed E-state index contributed by atoms with van der Waals surface area (Å²) < 4.78 is 2.58. The number of nitrogens with zero attached hydrogens (tertiary/aromatic N) is 3. The minimum absolute atomic E-state index is 0.492. The molecule has 1 aliphatic rings. The molecule has 2 aromatic heterocycles. The topological polar surface area (TPSA) is 50.4 Å². The van der Waals surface area contributed by atoms with E-state index in [-0.39, 0.29) is 0 Å². The van der Waals surface area contributed by atoms with Crippen LogP contribution < -0.4 is 0 Å². The number of aliphatic hydroxyl groups is 1. The van der Waals surface area contributed by atoms with Crippen LogP contribution in [0.3, 0.4) is 0 Å². The lowest BCUT2D eigenvalue weighted by Crippen LogP contribution is -2.09. The highest BCUT2D eigenvalue weighted by Crippen LogP contribution is 2.45. The fourth-order valence-electron chi connectivity index (χ4n) is 1.67. The lowest BCUT2D eigenvalue weighted by atomic mass is 10.2. The van der Waals surface area contributed by atoms with Crippen LogP contribution in [0.4, 0.5) is 0 Å². The minimum atomic E-state index is -0.757. The van der Waals surface area contributed by atoms with E-state index < -0.39 is 5.60 Å². The van der Waals surface area contributed by atoms with Crippen LogP contribution in [0, 0.1) is 10.5 Å². The molecule has 0 aliphatic heterocycles. The van der Waals surface area contributed by atoms with Gasteiger partial charge in [0.05, 0.1) is 15.0 Å². The van der Waals surface area contributed by atoms with Crippen LogP contribution in [0.25, 0.3) is 5.65 Å². The van der Waals surface area contributed by atoms with Crippen LogP contribution in [-0.2, 0) is 5.60 Å². The Labute approximate surface area is 111 Å². The van der Waals surface area contributed by atoms with Crippen LogP contribution >= 0.6 is 34.2 Å². The zero-order valence-corrected chi connectivity index (χ0v) is 11.4. The number of fused-ring (bicyclic) bond motifs is 1. The van der Waals surface area contributed by atoms with Crippen LogP contribution in [0.2, 0.25) is 5.15 Å². The highest BCUT2D eigenvalue weighted by molar-refractivity contribution is 14.1. The van der Waals surface area contributed by atoms with Crippen LogP contribution in [0.5, 0.6) is 0 Å². The van der Waals surface area contributed by atoms with Crippen LogP contribution in [0.15, 0.2) is 6.07 Å². The molecule has 2 heterocycles. The molecule has 0 atom stereocenters. The Morgan fingerprint density at radius 2 is 2.25 bits per heavy atom. The quantitative estimate of drug-likeness (QED) is 0.635.